The lowest BCUT2D eigenvalue weighted by molar-refractivity contribution is -0.00171. The van der Waals surface area contributed by atoms with E-state index in [2.05, 4.69) is 16.1 Å². The lowest BCUT2D eigenvalue weighted by Gasteiger charge is -2.44. The maximum absolute atomic E-state index is 13.2. The van der Waals surface area contributed by atoms with Crippen LogP contribution in [0.5, 0.6) is 5.75 Å². The van der Waals surface area contributed by atoms with Gasteiger partial charge in [0.25, 0.3) is 5.91 Å². The fourth-order valence-corrected chi connectivity index (χ4v) is 5.77. The number of hydrogen-bond donors (Lipinski definition) is 0. The summed E-state index contributed by atoms with van der Waals surface area (Å²) >= 11 is 1.62. The van der Waals surface area contributed by atoms with Crippen molar-refractivity contribution in [2.75, 3.05) is 13.1 Å². The number of rotatable bonds is 1. The van der Waals surface area contributed by atoms with Gasteiger partial charge in [-0.25, -0.2) is 4.98 Å². The maximum Gasteiger partial charge on any atom is 0.253 e. The molecule has 0 unspecified atom stereocenters. The average Bonchev–Trinajstić information content (AvgIpc) is 3.36. The molecular weight excluding hydrogens is 408 g/mol. The summed E-state index contributed by atoms with van der Waals surface area (Å²) in [6, 6.07) is 13.9. The number of para-hydroxylation sites is 1. The number of aromatic nitrogens is 3. The predicted octanol–water partition coefficient (Wildman–Crippen LogP) is 4.53. The Balaban J connectivity index is 1.28. The molecule has 6 nitrogen and oxygen atoms in total. The minimum atomic E-state index is -0.437. The summed E-state index contributed by atoms with van der Waals surface area (Å²) in [7, 11) is 1.98. The third-order valence-corrected chi connectivity index (χ3v) is 7.41. The number of likely N-dealkylation sites (tertiary alicyclic amines) is 1. The zero-order valence-corrected chi connectivity index (χ0v) is 18.3. The van der Waals surface area contributed by atoms with E-state index in [1.807, 2.05) is 66.1 Å². The zero-order chi connectivity index (χ0) is 21.2. The SMILES string of the molecule is Cc1nc2ccc(C(=O)N3CCC4(CC3)Oc3ccccc3-c3c4cnn3C)cc2s1. The molecule has 4 aromatic rings. The second-order valence-electron chi connectivity index (χ2n) is 8.33. The summed E-state index contributed by atoms with van der Waals surface area (Å²) in [5.41, 5.74) is 4.57. The average molecular weight is 431 g/mol. The van der Waals surface area contributed by atoms with Crippen molar-refractivity contribution >= 4 is 27.5 Å². The molecule has 0 bridgehead atoms. The first kappa shape index (κ1) is 18.6. The highest BCUT2D eigenvalue weighted by Crippen LogP contribution is 2.49. The molecule has 6 rings (SSSR count). The molecule has 1 spiro atoms. The van der Waals surface area contributed by atoms with Gasteiger partial charge < -0.3 is 9.64 Å². The number of nitrogens with zero attached hydrogens (tertiary/aromatic N) is 4. The summed E-state index contributed by atoms with van der Waals surface area (Å²) in [6.45, 7) is 3.29. The first-order valence-corrected chi connectivity index (χ1v) is 11.3. The second kappa shape index (κ2) is 6.65. The summed E-state index contributed by atoms with van der Waals surface area (Å²) < 4.78 is 9.59. The van der Waals surface area contributed by atoms with Crippen molar-refractivity contribution in [3.8, 4) is 17.0 Å². The van der Waals surface area contributed by atoms with Crippen LogP contribution in [0.3, 0.4) is 0 Å². The monoisotopic (exact) mass is 430 g/mol. The van der Waals surface area contributed by atoms with Gasteiger partial charge >= 0.3 is 0 Å². The zero-order valence-electron chi connectivity index (χ0n) is 17.5. The Morgan fingerprint density at radius 2 is 1.97 bits per heavy atom. The predicted molar refractivity (Wildman–Crippen MR) is 120 cm³/mol. The molecule has 1 amide bonds. The lowest BCUT2D eigenvalue weighted by atomic mass is 9.81. The van der Waals surface area contributed by atoms with E-state index in [9.17, 15) is 4.79 Å². The Bertz CT molecular complexity index is 1330. The molecular formula is C24H22N4O2S. The van der Waals surface area contributed by atoms with E-state index in [0.717, 1.165) is 56.2 Å². The van der Waals surface area contributed by atoms with E-state index in [4.69, 9.17) is 4.74 Å². The van der Waals surface area contributed by atoms with Crippen LogP contribution in [0.2, 0.25) is 0 Å². The largest absolute Gasteiger partial charge is 0.482 e. The summed E-state index contributed by atoms with van der Waals surface area (Å²) in [5, 5.41) is 5.55. The topological polar surface area (TPSA) is 60.3 Å². The normalized spacial score (nSPS) is 16.8. The van der Waals surface area contributed by atoms with E-state index < -0.39 is 5.60 Å². The number of carbonyl (C=O) groups is 1. The number of hydrogen-bond acceptors (Lipinski definition) is 5. The molecule has 2 aliphatic heterocycles. The van der Waals surface area contributed by atoms with Gasteiger partial charge in [0.2, 0.25) is 0 Å². The van der Waals surface area contributed by atoms with Crippen LogP contribution >= 0.6 is 11.3 Å². The number of amides is 1. The Kier molecular flexibility index (Phi) is 3.99. The molecule has 2 aromatic heterocycles. The van der Waals surface area contributed by atoms with Gasteiger partial charge in [-0.15, -0.1) is 11.3 Å². The molecule has 0 radical (unpaired) electrons. The van der Waals surface area contributed by atoms with E-state index in [0.29, 0.717) is 13.1 Å². The van der Waals surface area contributed by atoms with Crippen molar-refractivity contribution in [1.29, 1.82) is 0 Å². The third kappa shape index (κ3) is 2.80. The number of aryl methyl sites for hydroxylation is 2. The second-order valence-corrected chi connectivity index (χ2v) is 9.57. The van der Waals surface area contributed by atoms with Crippen LogP contribution < -0.4 is 4.74 Å². The van der Waals surface area contributed by atoms with Crippen molar-refractivity contribution in [1.82, 2.24) is 19.7 Å². The van der Waals surface area contributed by atoms with Crippen LogP contribution in [0.25, 0.3) is 21.5 Å². The lowest BCUT2D eigenvalue weighted by Crippen LogP contribution is -2.49. The van der Waals surface area contributed by atoms with Gasteiger partial charge in [-0.05, 0) is 37.3 Å². The molecule has 7 heteroatoms. The van der Waals surface area contributed by atoms with E-state index in [1.165, 1.54) is 0 Å². The molecule has 4 heterocycles. The van der Waals surface area contributed by atoms with Crippen molar-refractivity contribution in [2.45, 2.75) is 25.4 Å². The highest BCUT2D eigenvalue weighted by molar-refractivity contribution is 7.18. The molecule has 1 saturated heterocycles. The van der Waals surface area contributed by atoms with E-state index in [1.54, 1.807) is 11.3 Å². The quantitative estimate of drug-likeness (QED) is 0.445. The van der Waals surface area contributed by atoms with Gasteiger partial charge in [0.05, 0.1) is 27.1 Å². The number of benzene rings is 2. The molecule has 0 atom stereocenters. The minimum Gasteiger partial charge on any atom is -0.482 e. The van der Waals surface area contributed by atoms with Crippen molar-refractivity contribution in [2.24, 2.45) is 7.05 Å². The summed E-state index contributed by atoms with van der Waals surface area (Å²) in [4.78, 5) is 19.7. The number of fused-ring (bicyclic) bond motifs is 5. The molecule has 2 aromatic carbocycles. The van der Waals surface area contributed by atoms with Crippen molar-refractivity contribution in [3.05, 3.63) is 64.8 Å². The molecule has 0 saturated carbocycles. The Morgan fingerprint density at radius 1 is 1.16 bits per heavy atom. The standard InChI is InChI=1S/C24H22N4O2S/c1-15-26-19-8-7-16(13-21(19)31-15)23(29)28-11-9-24(10-12-28)18-14-25-27(2)22(18)17-5-3-4-6-20(17)30-24/h3-8,13-14H,9-12H2,1-2H3. The van der Waals surface area contributed by atoms with Crippen LogP contribution in [-0.4, -0.2) is 38.7 Å². The minimum absolute atomic E-state index is 0.0745. The van der Waals surface area contributed by atoms with Crippen molar-refractivity contribution in [3.63, 3.8) is 0 Å². The van der Waals surface area contributed by atoms with Crippen LogP contribution in [0.1, 0.15) is 33.8 Å². The molecule has 0 N–H and O–H groups in total. The number of carbonyl (C=O) groups excluding carboxylic acids is 1. The molecule has 2 aliphatic rings. The highest BCUT2D eigenvalue weighted by atomic mass is 32.1. The van der Waals surface area contributed by atoms with Crippen LogP contribution in [0, 0.1) is 6.92 Å². The Hall–Kier alpha value is -3.19. The van der Waals surface area contributed by atoms with Gasteiger partial charge in [0.1, 0.15) is 11.4 Å². The fourth-order valence-electron chi connectivity index (χ4n) is 4.90. The smallest absolute Gasteiger partial charge is 0.253 e. The fraction of sp³-hybridized carbons (Fsp3) is 0.292. The van der Waals surface area contributed by atoms with Crippen LogP contribution in [-0.2, 0) is 12.6 Å². The molecule has 0 aliphatic carbocycles. The summed E-state index contributed by atoms with van der Waals surface area (Å²) in [5.74, 6) is 0.967. The van der Waals surface area contributed by atoms with Gasteiger partial charge in [-0.2, -0.15) is 5.10 Å². The number of piperidine rings is 1. The first-order chi connectivity index (χ1) is 15.0. The first-order valence-electron chi connectivity index (χ1n) is 10.5. The summed E-state index contributed by atoms with van der Waals surface area (Å²) in [6.07, 6.45) is 3.42. The van der Waals surface area contributed by atoms with Gasteiger partial charge in [0.15, 0.2) is 0 Å². The van der Waals surface area contributed by atoms with Crippen molar-refractivity contribution < 1.29 is 9.53 Å². The van der Waals surface area contributed by atoms with Crippen LogP contribution in [0.15, 0.2) is 48.7 Å². The maximum atomic E-state index is 13.2. The molecule has 1 fully saturated rings. The van der Waals surface area contributed by atoms with E-state index in [-0.39, 0.29) is 5.91 Å². The van der Waals surface area contributed by atoms with Gasteiger partial charge in [0, 0.05) is 49.7 Å². The Labute approximate surface area is 184 Å². The van der Waals surface area contributed by atoms with E-state index >= 15 is 0 Å². The molecule has 31 heavy (non-hydrogen) atoms. The third-order valence-electron chi connectivity index (χ3n) is 6.48. The van der Waals surface area contributed by atoms with Crippen LogP contribution in [0.4, 0.5) is 0 Å². The number of thiazole rings is 1. The Morgan fingerprint density at radius 3 is 2.81 bits per heavy atom. The highest BCUT2D eigenvalue weighted by Gasteiger charge is 2.45. The number of ether oxygens (including phenoxy) is 1. The van der Waals surface area contributed by atoms with Gasteiger partial charge in [-0.3, -0.25) is 9.48 Å². The molecule has 156 valence electrons. The van der Waals surface area contributed by atoms with Gasteiger partial charge in [-0.1, -0.05) is 12.1 Å².